The molecule has 1 aromatic rings. The van der Waals surface area contributed by atoms with Gasteiger partial charge in [-0.15, -0.1) is 0 Å². The lowest BCUT2D eigenvalue weighted by molar-refractivity contribution is 0.441. The van der Waals surface area contributed by atoms with Crippen LogP contribution in [0.3, 0.4) is 0 Å². The standard InChI is InChI=1S/C13H18ClNO/c1-7-6-10(14)8(2)11(12(7)16)13(4-5-13)9(3)15/h6,9,16H,4-5,15H2,1-3H3. The lowest BCUT2D eigenvalue weighted by Crippen LogP contribution is -2.32. The van der Waals surface area contributed by atoms with E-state index in [-0.39, 0.29) is 11.5 Å². The second-order valence-electron chi connectivity index (χ2n) is 4.97. The summed E-state index contributed by atoms with van der Waals surface area (Å²) in [6.07, 6.45) is 2.08. The van der Waals surface area contributed by atoms with Gasteiger partial charge in [-0.05, 0) is 50.8 Å². The summed E-state index contributed by atoms with van der Waals surface area (Å²) < 4.78 is 0. The Labute approximate surface area is 101 Å². The molecule has 1 aliphatic rings. The van der Waals surface area contributed by atoms with Crippen LogP contribution in [0.25, 0.3) is 0 Å². The average molecular weight is 240 g/mol. The van der Waals surface area contributed by atoms with Gasteiger partial charge in [0.15, 0.2) is 0 Å². The van der Waals surface area contributed by atoms with Crippen LogP contribution in [0.5, 0.6) is 5.75 Å². The van der Waals surface area contributed by atoms with Crippen LogP contribution in [0, 0.1) is 13.8 Å². The van der Waals surface area contributed by atoms with Crippen molar-refractivity contribution in [2.75, 3.05) is 0 Å². The minimum absolute atomic E-state index is 0.0509. The van der Waals surface area contributed by atoms with Gasteiger partial charge in [0, 0.05) is 22.0 Å². The fourth-order valence-electron chi connectivity index (χ4n) is 2.54. The molecule has 1 aromatic carbocycles. The molecule has 0 aromatic heterocycles. The SMILES string of the molecule is Cc1cc(Cl)c(C)c(C2(C(C)N)CC2)c1O. The van der Waals surface area contributed by atoms with Crippen LogP contribution >= 0.6 is 11.6 Å². The van der Waals surface area contributed by atoms with Crippen LogP contribution < -0.4 is 5.73 Å². The first-order valence-electron chi connectivity index (χ1n) is 5.65. The van der Waals surface area contributed by atoms with Crippen LogP contribution in [0.15, 0.2) is 6.07 Å². The molecule has 16 heavy (non-hydrogen) atoms. The second kappa shape index (κ2) is 3.64. The number of aromatic hydroxyl groups is 1. The number of rotatable bonds is 2. The van der Waals surface area contributed by atoms with Gasteiger partial charge in [0.05, 0.1) is 0 Å². The first kappa shape index (κ1) is 11.7. The molecule has 88 valence electrons. The maximum absolute atomic E-state index is 10.2. The number of halogens is 1. The van der Waals surface area contributed by atoms with Crippen molar-refractivity contribution in [2.24, 2.45) is 5.73 Å². The van der Waals surface area contributed by atoms with Crippen molar-refractivity contribution < 1.29 is 5.11 Å². The fraction of sp³-hybridized carbons (Fsp3) is 0.538. The van der Waals surface area contributed by atoms with Crippen molar-refractivity contribution in [1.82, 2.24) is 0 Å². The molecule has 3 heteroatoms. The maximum Gasteiger partial charge on any atom is 0.122 e. The Morgan fingerprint density at radius 1 is 1.44 bits per heavy atom. The molecule has 0 aliphatic heterocycles. The lowest BCUT2D eigenvalue weighted by Gasteiger charge is -2.25. The molecule has 1 aliphatic carbocycles. The third-order valence-corrected chi connectivity index (χ3v) is 4.24. The Hall–Kier alpha value is -0.730. The van der Waals surface area contributed by atoms with Gasteiger partial charge in [-0.1, -0.05) is 11.6 Å². The van der Waals surface area contributed by atoms with Gasteiger partial charge in [0.1, 0.15) is 5.75 Å². The largest absolute Gasteiger partial charge is 0.507 e. The minimum Gasteiger partial charge on any atom is -0.507 e. The first-order valence-corrected chi connectivity index (χ1v) is 6.02. The van der Waals surface area contributed by atoms with Gasteiger partial charge < -0.3 is 10.8 Å². The highest BCUT2D eigenvalue weighted by atomic mass is 35.5. The smallest absolute Gasteiger partial charge is 0.122 e. The van der Waals surface area contributed by atoms with E-state index in [2.05, 4.69) is 0 Å². The summed E-state index contributed by atoms with van der Waals surface area (Å²) >= 11 is 6.18. The van der Waals surface area contributed by atoms with Gasteiger partial charge in [0.2, 0.25) is 0 Å². The van der Waals surface area contributed by atoms with E-state index < -0.39 is 0 Å². The Morgan fingerprint density at radius 3 is 2.44 bits per heavy atom. The summed E-state index contributed by atoms with van der Waals surface area (Å²) in [5.41, 5.74) is 8.76. The molecule has 1 fully saturated rings. The zero-order valence-corrected chi connectivity index (χ0v) is 10.7. The van der Waals surface area contributed by atoms with E-state index in [0.717, 1.165) is 34.6 Å². The molecule has 0 saturated heterocycles. The summed E-state index contributed by atoms with van der Waals surface area (Å²) in [7, 11) is 0. The van der Waals surface area contributed by atoms with Gasteiger partial charge in [-0.3, -0.25) is 0 Å². The lowest BCUT2D eigenvalue weighted by atomic mass is 9.84. The number of phenols is 1. The molecule has 1 saturated carbocycles. The Kier molecular flexibility index (Phi) is 2.67. The third kappa shape index (κ3) is 1.52. The van der Waals surface area contributed by atoms with Crippen molar-refractivity contribution >= 4 is 11.6 Å². The van der Waals surface area contributed by atoms with E-state index in [4.69, 9.17) is 17.3 Å². The van der Waals surface area contributed by atoms with E-state index in [0.29, 0.717) is 5.75 Å². The minimum atomic E-state index is -0.0518. The van der Waals surface area contributed by atoms with Crippen LogP contribution in [-0.2, 0) is 5.41 Å². The fourth-order valence-corrected chi connectivity index (χ4v) is 2.80. The van der Waals surface area contributed by atoms with Crippen LogP contribution in [0.2, 0.25) is 5.02 Å². The topological polar surface area (TPSA) is 46.2 Å². The summed E-state index contributed by atoms with van der Waals surface area (Å²) in [4.78, 5) is 0. The molecule has 0 heterocycles. The summed E-state index contributed by atoms with van der Waals surface area (Å²) in [6.45, 7) is 5.84. The van der Waals surface area contributed by atoms with Crippen LogP contribution in [0.1, 0.15) is 36.5 Å². The summed E-state index contributed by atoms with van der Waals surface area (Å²) in [5, 5.41) is 10.9. The van der Waals surface area contributed by atoms with E-state index in [1.54, 1.807) is 0 Å². The molecule has 2 nitrogen and oxygen atoms in total. The van der Waals surface area contributed by atoms with Crippen molar-refractivity contribution in [1.29, 1.82) is 0 Å². The molecule has 3 N–H and O–H groups in total. The number of hydrogen-bond donors (Lipinski definition) is 2. The maximum atomic E-state index is 10.2. The first-order chi connectivity index (χ1) is 7.40. The second-order valence-corrected chi connectivity index (χ2v) is 5.38. The highest BCUT2D eigenvalue weighted by molar-refractivity contribution is 6.31. The molecular weight excluding hydrogens is 222 g/mol. The molecule has 0 spiro atoms. The molecule has 2 rings (SSSR count). The van der Waals surface area contributed by atoms with E-state index >= 15 is 0 Å². The predicted molar refractivity (Wildman–Crippen MR) is 67.2 cm³/mol. The molecule has 1 atom stereocenters. The molecular formula is C13H18ClNO. The molecule has 1 unspecified atom stereocenters. The van der Waals surface area contributed by atoms with E-state index in [1.165, 1.54) is 0 Å². The summed E-state index contributed by atoms with van der Waals surface area (Å²) in [6, 6.07) is 1.86. The number of hydrogen-bond acceptors (Lipinski definition) is 2. The quantitative estimate of drug-likeness (QED) is 0.833. The van der Waals surface area contributed by atoms with E-state index in [9.17, 15) is 5.11 Å². The van der Waals surface area contributed by atoms with E-state index in [1.807, 2.05) is 26.8 Å². The zero-order chi connectivity index (χ0) is 12.1. The normalized spacial score (nSPS) is 19.6. The third-order valence-electron chi connectivity index (χ3n) is 3.84. The van der Waals surface area contributed by atoms with Gasteiger partial charge in [-0.25, -0.2) is 0 Å². The van der Waals surface area contributed by atoms with Crippen molar-refractivity contribution in [3.63, 3.8) is 0 Å². The highest BCUT2D eigenvalue weighted by Crippen LogP contribution is 2.55. The Bertz CT molecular complexity index is 410. The predicted octanol–water partition coefficient (Wildman–Crippen LogP) is 3.04. The Morgan fingerprint density at radius 2 is 2.00 bits per heavy atom. The number of aryl methyl sites for hydroxylation is 1. The van der Waals surface area contributed by atoms with Gasteiger partial charge >= 0.3 is 0 Å². The molecule has 0 bridgehead atoms. The Balaban J connectivity index is 2.65. The van der Waals surface area contributed by atoms with Crippen LogP contribution in [0.4, 0.5) is 0 Å². The van der Waals surface area contributed by atoms with Crippen molar-refractivity contribution in [2.45, 2.75) is 45.1 Å². The number of benzene rings is 1. The van der Waals surface area contributed by atoms with Gasteiger partial charge in [0.25, 0.3) is 0 Å². The molecule has 0 amide bonds. The van der Waals surface area contributed by atoms with Crippen LogP contribution in [-0.4, -0.2) is 11.1 Å². The number of phenolic OH excluding ortho intramolecular Hbond substituents is 1. The molecule has 0 radical (unpaired) electrons. The van der Waals surface area contributed by atoms with Crippen molar-refractivity contribution in [3.05, 3.63) is 27.8 Å². The zero-order valence-electron chi connectivity index (χ0n) is 9.97. The summed E-state index contributed by atoms with van der Waals surface area (Å²) in [5.74, 6) is 0.372. The van der Waals surface area contributed by atoms with Gasteiger partial charge in [-0.2, -0.15) is 0 Å². The average Bonchev–Trinajstić information content (AvgIpc) is 2.97. The number of nitrogens with two attached hydrogens (primary N) is 1. The van der Waals surface area contributed by atoms with Crippen molar-refractivity contribution in [3.8, 4) is 5.75 Å². The monoisotopic (exact) mass is 239 g/mol. The highest BCUT2D eigenvalue weighted by Gasteiger charge is 2.50.